The molecule has 2 heterocycles. The molecule has 0 bridgehead atoms. The van der Waals surface area contributed by atoms with Crippen molar-refractivity contribution in [1.29, 1.82) is 0 Å². The third-order valence-electron chi connectivity index (χ3n) is 11.7. The van der Waals surface area contributed by atoms with E-state index in [0.717, 1.165) is 42.4 Å². The molecule has 7 rings (SSSR count). The molecule has 1 spiro atoms. The minimum absolute atomic E-state index is 0.0501. The van der Waals surface area contributed by atoms with E-state index in [4.69, 9.17) is 18.9 Å². The summed E-state index contributed by atoms with van der Waals surface area (Å²) in [4.78, 5) is 12.7. The molecule has 0 amide bonds. The van der Waals surface area contributed by atoms with Crippen molar-refractivity contribution in [1.82, 2.24) is 0 Å². The van der Waals surface area contributed by atoms with Gasteiger partial charge in [-0.15, -0.1) is 0 Å². The summed E-state index contributed by atoms with van der Waals surface area (Å²) in [6.07, 6.45) is 5.19. The van der Waals surface area contributed by atoms with Crippen molar-refractivity contribution in [2.75, 3.05) is 26.4 Å². The third kappa shape index (κ3) is 3.86. The molecule has 41 heavy (non-hydrogen) atoms. The molecule has 0 radical (unpaired) electrons. The van der Waals surface area contributed by atoms with Crippen LogP contribution in [0.15, 0.2) is 35.4 Å². The molecule has 1 aromatic carbocycles. The van der Waals surface area contributed by atoms with Crippen molar-refractivity contribution in [2.45, 2.75) is 101 Å². The van der Waals surface area contributed by atoms with Gasteiger partial charge in [-0.05, 0) is 74.8 Å². The maximum absolute atomic E-state index is 12.8. The number of hydrogen-bond acceptors (Lipinski definition) is 7. The van der Waals surface area contributed by atoms with Crippen molar-refractivity contribution in [2.24, 2.45) is 17.3 Å². The summed E-state index contributed by atoms with van der Waals surface area (Å²) in [5.41, 5.74) is 1.67. The number of ether oxygens (including phenoxy) is 4. The Balaban J connectivity index is 1.35. The van der Waals surface area contributed by atoms with E-state index in [2.05, 4.69) is 43.0 Å². The Hall–Kier alpha value is -2.28. The maximum atomic E-state index is 12.8. The first kappa shape index (κ1) is 27.5. The Bertz CT molecular complexity index is 1330. The van der Waals surface area contributed by atoms with Crippen molar-refractivity contribution in [3.8, 4) is 11.8 Å². The second-order valence-electron chi connectivity index (χ2n) is 13.5. The first-order valence-electron chi connectivity index (χ1n) is 15.3. The third-order valence-corrected chi connectivity index (χ3v) is 11.7. The van der Waals surface area contributed by atoms with Crippen LogP contribution in [-0.2, 0) is 24.7 Å². The van der Waals surface area contributed by atoms with Crippen LogP contribution in [0.4, 0.5) is 0 Å². The van der Waals surface area contributed by atoms with Crippen LogP contribution in [0.5, 0.6) is 0 Å². The Morgan fingerprint density at radius 2 is 1.66 bits per heavy atom. The van der Waals surface area contributed by atoms with Crippen LogP contribution in [0.3, 0.4) is 0 Å². The number of allylic oxidation sites excluding steroid dienone is 1. The molecule has 0 aromatic heterocycles. The highest BCUT2D eigenvalue weighted by Gasteiger charge is 2.70. The Kier molecular flexibility index (Phi) is 6.29. The summed E-state index contributed by atoms with van der Waals surface area (Å²) < 4.78 is 23.9. The molecule has 8 nitrogen and oxygen atoms in total. The van der Waals surface area contributed by atoms with Gasteiger partial charge in [0.1, 0.15) is 0 Å². The van der Waals surface area contributed by atoms with Crippen LogP contribution in [0.1, 0.15) is 89.2 Å². The van der Waals surface area contributed by atoms with E-state index in [0.29, 0.717) is 52.1 Å². The van der Waals surface area contributed by atoms with Gasteiger partial charge in [0.25, 0.3) is 5.54 Å². The predicted molar refractivity (Wildman–Crippen MR) is 150 cm³/mol. The SMILES string of the molecule is CC#C[C@]1([N+](=O)[O-])CC[C@H]2[C@@H]3CC[C@@]4(O)CC5(CCC4=C3[C@@H](c3ccc(C4(C)OCCO4)cc3)C[C@@]21C)OCCO5. The molecular formula is C33H41NO7. The molecule has 2 aliphatic heterocycles. The van der Waals surface area contributed by atoms with Gasteiger partial charge in [-0.25, -0.2) is 0 Å². The van der Waals surface area contributed by atoms with Crippen molar-refractivity contribution in [3.63, 3.8) is 0 Å². The van der Waals surface area contributed by atoms with Crippen molar-refractivity contribution >= 4 is 0 Å². The van der Waals surface area contributed by atoms with Gasteiger partial charge in [-0.1, -0.05) is 42.7 Å². The molecule has 1 aromatic rings. The van der Waals surface area contributed by atoms with E-state index in [1.807, 2.05) is 6.92 Å². The van der Waals surface area contributed by atoms with Gasteiger partial charge in [0.05, 0.1) is 37.4 Å². The Morgan fingerprint density at radius 1 is 0.976 bits per heavy atom. The van der Waals surface area contributed by atoms with Gasteiger partial charge in [0, 0.05) is 35.7 Å². The summed E-state index contributed by atoms with van der Waals surface area (Å²) in [6.45, 7) is 8.04. The maximum Gasteiger partial charge on any atom is 0.286 e. The minimum atomic E-state index is -1.27. The van der Waals surface area contributed by atoms with Gasteiger partial charge in [0.2, 0.25) is 0 Å². The zero-order valence-corrected chi connectivity index (χ0v) is 24.4. The monoisotopic (exact) mass is 563 g/mol. The molecule has 6 aliphatic rings. The number of nitro groups is 1. The molecular weight excluding hydrogens is 522 g/mol. The van der Waals surface area contributed by atoms with Crippen LogP contribution >= 0.6 is 0 Å². The van der Waals surface area contributed by atoms with Crippen molar-refractivity contribution < 1.29 is 29.0 Å². The summed E-state index contributed by atoms with van der Waals surface area (Å²) in [5.74, 6) is 4.87. The van der Waals surface area contributed by atoms with Crippen LogP contribution in [0.2, 0.25) is 0 Å². The number of benzene rings is 1. The highest BCUT2D eigenvalue weighted by atomic mass is 16.7. The summed E-state index contributed by atoms with van der Waals surface area (Å²) in [5, 5.41) is 25.1. The van der Waals surface area contributed by atoms with Crippen LogP contribution in [0, 0.1) is 39.2 Å². The molecule has 1 N–H and O–H groups in total. The molecule has 5 fully saturated rings. The first-order chi connectivity index (χ1) is 19.6. The van der Waals surface area contributed by atoms with E-state index in [-0.39, 0.29) is 22.7 Å². The normalized spacial score (nSPS) is 40.4. The zero-order valence-electron chi connectivity index (χ0n) is 24.4. The summed E-state index contributed by atoms with van der Waals surface area (Å²) in [6, 6.07) is 8.42. The Morgan fingerprint density at radius 3 is 2.32 bits per heavy atom. The number of nitrogens with zero attached hydrogens (tertiary/aromatic N) is 1. The fourth-order valence-corrected chi connectivity index (χ4v) is 9.77. The highest BCUT2D eigenvalue weighted by molar-refractivity contribution is 5.45. The number of rotatable bonds is 3. The lowest BCUT2D eigenvalue weighted by Crippen LogP contribution is -2.57. The smallest absolute Gasteiger partial charge is 0.286 e. The second-order valence-corrected chi connectivity index (χ2v) is 13.5. The zero-order chi connectivity index (χ0) is 28.7. The minimum Gasteiger partial charge on any atom is -0.385 e. The van der Waals surface area contributed by atoms with Gasteiger partial charge < -0.3 is 24.1 Å². The number of fused-ring (bicyclic) bond motifs is 4. The van der Waals surface area contributed by atoms with E-state index in [1.54, 1.807) is 6.92 Å². The lowest BCUT2D eigenvalue weighted by atomic mass is 9.49. The summed E-state index contributed by atoms with van der Waals surface area (Å²) >= 11 is 0. The molecule has 8 heteroatoms. The quantitative estimate of drug-likeness (QED) is 0.233. The van der Waals surface area contributed by atoms with E-state index >= 15 is 0 Å². The van der Waals surface area contributed by atoms with Crippen LogP contribution in [0.25, 0.3) is 0 Å². The average Bonchev–Trinajstić information content (AvgIpc) is 3.67. The number of hydrogen-bond donors (Lipinski definition) is 1. The van der Waals surface area contributed by atoms with Crippen LogP contribution < -0.4 is 0 Å². The topological polar surface area (TPSA) is 100 Å². The lowest BCUT2D eigenvalue weighted by molar-refractivity contribution is -0.571. The largest absolute Gasteiger partial charge is 0.385 e. The van der Waals surface area contributed by atoms with Gasteiger partial charge >= 0.3 is 0 Å². The van der Waals surface area contributed by atoms with Crippen molar-refractivity contribution in [3.05, 3.63) is 56.7 Å². The molecule has 6 atom stereocenters. The van der Waals surface area contributed by atoms with E-state index in [9.17, 15) is 15.2 Å². The first-order valence-corrected chi connectivity index (χ1v) is 15.3. The predicted octanol–water partition coefficient (Wildman–Crippen LogP) is 5.21. The fourth-order valence-electron chi connectivity index (χ4n) is 9.77. The number of aliphatic hydroxyl groups is 1. The molecule has 2 saturated heterocycles. The molecule has 3 saturated carbocycles. The highest BCUT2D eigenvalue weighted by Crippen LogP contribution is 2.68. The van der Waals surface area contributed by atoms with E-state index in [1.165, 1.54) is 5.57 Å². The fraction of sp³-hybridized carbons (Fsp3) is 0.697. The van der Waals surface area contributed by atoms with Gasteiger partial charge in [0.15, 0.2) is 11.6 Å². The average molecular weight is 564 g/mol. The summed E-state index contributed by atoms with van der Waals surface area (Å²) in [7, 11) is 0. The van der Waals surface area contributed by atoms with Gasteiger partial charge in [-0.3, -0.25) is 10.1 Å². The molecule has 220 valence electrons. The molecule has 0 unspecified atom stereocenters. The molecule has 4 aliphatic carbocycles. The standard InChI is InChI=1S/C33H41NO7/c1-4-12-32(34(36)37)14-10-26-24-9-13-31(35)21-33(40-18-19-41-33)15-11-27(31)28(24)25(20-29(26,32)2)22-5-7-23(8-6-22)30(3)38-16-17-39-30/h5-8,24-26,35H,9-11,13-21H2,1-3H3/t24-,25+,26-,29-,31+,32-/m0/s1. The van der Waals surface area contributed by atoms with Gasteiger partial charge in [-0.2, -0.15) is 0 Å². The van der Waals surface area contributed by atoms with Crippen LogP contribution in [-0.4, -0.2) is 53.4 Å². The Labute approximate surface area is 241 Å². The second kappa shape index (κ2) is 9.36. The lowest BCUT2D eigenvalue weighted by Gasteiger charge is -2.56. The van der Waals surface area contributed by atoms with E-state index < -0.39 is 28.1 Å².